The van der Waals surface area contributed by atoms with Crippen LogP contribution in [0, 0.1) is 17.8 Å². The van der Waals surface area contributed by atoms with Gasteiger partial charge in [-0.05, 0) is 38.0 Å². The highest BCUT2D eigenvalue weighted by Gasteiger charge is 2.49. The van der Waals surface area contributed by atoms with Crippen LogP contribution in [0.2, 0.25) is 0 Å². The summed E-state index contributed by atoms with van der Waals surface area (Å²) >= 11 is 0. The fraction of sp³-hybridized carbons (Fsp3) is 0.846. The lowest BCUT2D eigenvalue weighted by atomic mass is 10.00. The highest BCUT2D eigenvalue weighted by atomic mass is 16.5. The van der Waals surface area contributed by atoms with Gasteiger partial charge < -0.3 is 15.2 Å². The monoisotopic (exact) mass is 253 g/mol. The normalized spacial score (nSPS) is 39.1. The van der Waals surface area contributed by atoms with Crippen LogP contribution < -0.4 is 5.32 Å². The fourth-order valence-corrected chi connectivity index (χ4v) is 2.82. The Kier molecular flexibility index (Phi) is 3.01. The lowest BCUT2D eigenvalue weighted by molar-refractivity contribution is -0.140. The van der Waals surface area contributed by atoms with E-state index < -0.39 is 11.9 Å². The molecule has 5 heteroatoms. The van der Waals surface area contributed by atoms with Crippen LogP contribution in [0.15, 0.2) is 0 Å². The number of hydrogen-bond acceptors (Lipinski definition) is 3. The summed E-state index contributed by atoms with van der Waals surface area (Å²) in [6.45, 7) is 0.707. The zero-order chi connectivity index (χ0) is 12.7. The number of amides is 1. The minimum Gasteiger partial charge on any atom is -0.481 e. The van der Waals surface area contributed by atoms with Crippen LogP contribution in [0.25, 0.3) is 0 Å². The first kappa shape index (κ1) is 12.0. The Morgan fingerprint density at radius 2 is 1.89 bits per heavy atom. The number of carbonyl (C=O) groups is 2. The molecule has 2 saturated carbocycles. The molecule has 5 nitrogen and oxygen atoms in total. The highest BCUT2D eigenvalue weighted by Crippen LogP contribution is 2.40. The van der Waals surface area contributed by atoms with Gasteiger partial charge in [-0.1, -0.05) is 0 Å². The number of carboxylic acid groups (broad SMARTS) is 1. The van der Waals surface area contributed by atoms with Gasteiger partial charge in [0.05, 0.1) is 17.9 Å². The molecular formula is C13H19NO4. The van der Waals surface area contributed by atoms with Crippen molar-refractivity contribution in [3.63, 3.8) is 0 Å². The first-order valence-corrected chi connectivity index (χ1v) is 6.80. The maximum atomic E-state index is 11.9. The number of aliphatic carboxylic acids is 1. The molecule has 1 saturated heterocycles. The summed E-state index contributed by atoms with van der Waals surface area (Å²) in [5.74, 6) is -0.993. The molecule has 1 heterocycles. The van der Waals surface area contributed by atoms with Crippen LogP contribution in [-0.2, 0) is 14.3 Å². The second-order valence-electron chi connectivity index (χ2n) is 5.76. The van der Waals surface area contributed by atoms with Gasteiger partial charge in [0.2, 0.25) is 5.91 Å². The molecule has 3 aliphatic rings. The largest absolute Gasteiger partial charge is 0.481 e. The molecule has 0 aromatic carbocycles. The third kappa shape index (κ3) is 2.51. The quantitative estimate of drug-likeness (QED) is 0.776. The summed E-state index contributed by atoms with van der Waals surface area (Å²) in [7, 11) is 0. The molecule has 0 aromatic heterocycles. The van der Waals surface area contributed by atoms with Crippen molar-refractivity contribution < 1.29 is 19.4 Å². The molecule has 3 rings (SSSR count). The number of carbonyl (C=O) groups excluding carboxylic acids is 1. The van der Waals surface area contributed by atoms with Gasteiger partial charge in [0.15, 0.2) is 0 Å². The molecule has 2 N–H and O–H groups in total. The predicted octanol–water partition coefficient (Wildman–Crippen LogP) is 0.781. The molecule has 0 bridgehead atoms. The molecule has 100 valence electrons. The lowest BCUT2D eigenvalue weighted by Crippen LogP contribution is -2.43. The Labute approximate surface area is 106 Å². The Balaban J connectivity index is 1.47. The van der Waals surface area contributed by atoms with E-state index in [0.717, 1.165) is 12.8 Å². The van der Waals surface area contributed by atoms with Crippen LogP contribution in [-0.4, -0.2) is 35.7 Å². The van der Waals surface area contributed by atoms with Crippen LogP contribution in [0.3, 0.4) is 0 Å². The van der Waals surface area contributed by atoms with Crippen molar-refractivity contribution in [2.75, 3.05) is 6.61 Å². The Morgan fingerprint density at radius 1 is 1.11 bits per heavy atom. The van der Waals surface area contributed by atoms with Crippen molar-refractivity contribution in [2.45, 2.75) is 44.2 Å². The van der Waals surface area contributed by atoms with E-state index in [4.69, 9.17) is 9.84 Å². The van der Waals surface area contributed by atoms with Gasteiger partial charge in [0.1, 0.15) is 0 Å². The van der Waals surface area contributed by atoms with Gasteiger partial charge in [0.25, 0.3) is 0 Å². The molecule has 3 fully saturated rings. The maximum Gasteiger partial charge on any atom is 0.307 e. The second kappa shape index (κ2) is 4.53. The third-order valence-electron chi connectivity index (χ3n) is 4.25. The molecule has 0 spiro atoms. The summed E-state index contributed by atoms with van der Waals surface area (Å²) in [5, 5.41) is 11.8. The summed E-state index contributed by atoms with van der Waals surface area (Å²) in [4.78, 5) is 22.6. The molecule has 4 atom stereocenters. The molecule has 1 amide bonds. The van der Waals surface area contributed by atoms with Crippen LogP contribution in [0.4, 0.5) is 0 Å². The maximum absolute atomic E-state index is 11.9. The van der Waals surface area contributed by atoms with Crippen molar-refractivity contribution in [1.82, 2.24) is 5.32 Å². The minimum absolute atomic E-state index is 0.0798. The summed E-state index contributed by atoms with van der Waals surface area (Å²) in [5.41, 5.74) is 0. The van der Waals surface area contributed by atoms with Crippen molar-refractivity contribution in [1.29, 1.82) is 0 Å². The molecule has 1 aliphatic heterocycles. The number of hydrogen-bond donors (Lipinski definition) is 2. The smallest absolute Gasteiger partial charge is 0.307 e. The van der Waals surface area contributed by atoms with Gasteiger partial charge in [-0.15, -0.1) is 0 Å². The number of carboxylic acids is 1. The molecule has 0 radical (unpaired) electrons. The second-order valence-corrected chi connectivity index (χ2v) is 5.76. The topological polar surface area (TPSA) is 75.6 Å². The summed E-state index contributed by atoms with van der Waals surface area (Å²) < 4.78 is 5.70. The van der Waals surface area contributed by atoms with E-state index >= 15 is 0 Å². The number of ether oxygens (including phenoxy) is 1. The van der Waals surface area contributed by atoms with Gasteiger partial charge in [-0.3, -0.25) is 9.59 Å². The number of rotatable bonds is 4. The van der Waals surface area contributed by atoms with Crippen LogP contribution in [0.1, 0.15) is 32.1 Å². The van der Waals surface area contributed by atoms with E-state index in [1.165, 1.54) is 12.8 Å². The van der Waals surface area contributed by atoms with Crippen molar-refractivity contribution >= 4 is 11.9 Å². The van der Waals surface area contributed by atoms with Crippen molar-refractivity contribution in [3.8, 4) is 0 Å². The molecule has 0 aromatic rings. The SMILES string of the molecule is O=C(O)C1CC1C(=O)NC1CCOC(C2CC2)C1. The van der Waals surface area contributed by atoms with Gasteiger partial charge in [0, 0.05) is 12.6 Å². The van der Waals surface area contributed by atoms with Crippen molar-refractivity contribution in [2.24, 2.45) is 17.8 Å². The van der Waals surface area contributed by atoms with E-state index in [-0.39, 0.29) is 17.9 Å². The van der Waals surface area contributed by atoms with E-state index in [2.05, 4.69) is 5.32 Å². The Bertz CT molecular complexity index is 366. The zero-order valence-electron chi connectivity index (χ0n) is 10.3. The lowest BCUT2D eigenvalue weighted by Gasteiger charge is -2.30. The van der Waals surface area contributed by atoms with Crippen LogP contribution >= 0.6 is 0 Å². The summed E-state index contributed by atoms with van der Waals surface area (Å²) in [6.07, 6.45) is 5.03. The van der Waals surface area contributed by atoms with Crippen molar-refractivity contribution in [3.05, 3.63) is 0 Å². The van der Waals surface area contributed by atoms with Crippen LogP contribution in [0.5, 0.6) is 0 Å². The standard InChI is InChI=1S/C13H19NO4/c15-12(9-6-10(9)13(16)17)14-8-3-4-18-11(5-8)7-1-2-7/h7-11H,1-6H2,(H,14,15)(H,16,17). The van der Waals surface area contributed by atoms with E-state index in [1.54, 1.807) is 0 Å². The average molecular weight is 253 g/mol. The van der Waals surface area contributed by atoms with Gasteiger partial charge >= 0.3 is 5.97 Å². The molecule has 2 aliphatic carbocycles. The molecule has 18 heavy (non-hydrogen) atoms. The first-order chi connectivity index (χ1) is 8.65. The Hall–Kier alpha value is -1.10. The zero-order valence-corrected chi connectivity index (χ0v) is 10.3. The van der Waals surface area contributed by atoms with E-state index in [1.807, 2.05) is 0 Å². The van der Waals surface area contributed by atoms with Gasteiger partial charge in [-0.25, -0.2) is 0 Å². The fourth-order valence-electron chi connectivity index (χ4n) is 2.82. The number of nitrogens with one attached hydrogen (secondary N) is 1. The average Bonchev–Trinajstić information content (AvgIpc) is 3.20. The molecule has 4 unspecified atom stereocenters. The summed E-state index contributed by atoms with van der Waals surface area (Å²) in [6, 6.07) is 0.173. The van der Waals surface area contributed by atoms with E-state index in [9.17, 15) is 9.59 Å². The van der Waals surface area contributed by atoms with E-state index in [0.29, 0.717) is 25.0 Å². The molecular weight excluding hydrogens is 234 g/mol. The van der Waals surface area contributed by atoms with Gasteiger partial charge in [-0.2, -0.15) is 0 Å². The highest BCUT2D eigenvalue weighted by molar-refractivity contribution is 5.89. The Morgan fingerprint density at radius 3 is 2.50 bits per heavy atom. The minimum atomic E-state index is -0.849. The third-order valence-corrected chi connectivity index (χ3v) is 4.25. The first-order valence-electron chi connectivity index (χ1n) is 6.80. The predicted molar refractivity (Wildman–Crippen MR) is 62.9 cm³/mol.